The minimum Gasteiger partial charge on any atom is -0.339 e. The van der Waals surface area contributed by atoms with Gasteiger partial charge in [0.05, 0.1) is 5.41 Å². The highest BCUT2D eigenvalue weighted by Gasteiger charge is 2.35. The van der Waals surface area contributed by atoms with E-state index in [9.17, 15) is 4.79 Å². The van der Waals surface area contributed by atoms with Gasteiger partial charge < -0.3 is 10.6 Å². The molecule has 0 saturated carbocycles. The van der Waals surface area contributed by atoms with Crippen molar-refractivity contribution in [2.45, 2.75) is 13.8 Å². The molecule has 3 heteroatoms. The number of nitrogens with two attached hydrogens (primary N) is 1. The van der Waals surface area contributed by atoms with Crippen LogP contribution in [0, 0.1) is 5.41 Å². The van der Waals surface area contributed by atoms with Crippen molar-refractivity contribution in [3.8, 4) is 0 Å². The molecule has 1 amide bonds. The molecule has 3 nitrogen and oxygen atoms in total. The van der Waals surface area contributed by atoms with Crippen molar-refractivity contribution in [2.24, 2.45) is 11.1 Å². The lowest BCUT2D eigenvalue weighted by Gasteiger charge is -2.20. The highest BCUT2D eigenvalue weighted by atomic mass is 16.2. The lowest BCUT2D eigenvalue weighted by molar-refractivity contribution is -0.133. The number of nitrogens with zero attached hydrogens (tertiary/aromatic N) is 1. The maximum absolute atomic E-state index is 11.3. The monoisotopic (exact) mass is 142 g/mol. The van der Waals surface area contributed by atoms with Gasteiger partial charge in [-0.1, -0.05) is 0 Å². The van der Waals surface area contributed by atoms with Crippen molar-refractivity contribution in [1.29, 1.82) is 0 Å². The minimum absolute atomic E-state index is 0.190. The van der Waals surface area contributed by atoms with Crippen LogP contribution in [0.3, 0.4) is 0 Å². The fraction of sp³-hybridized carbons (Fsp3) is 0.857. The van der Waals surface area contributed by atoms with Crippen molar-refractivity contribution in [2.75, 3.05) is 19.6 Å². The first kappa shape index (κ1) is 7.54. The van der Waals surface area contributed by atoms with Crippen LogP contribution in [0.4, 0.5) is 0 Å². The largest absolute Gasteiger partial charge is 0.339 e. The Morgan fingerprint density at radius 3 is 2.40 bits per heavy atom. The molecule has 58 valence electrons. The van der Waals surface area contributed by atoms with Crippen molar-refractivity contribution in [1.82, 2.24) is 4.90 Å². The molecule has 0 spiro atoms. The molecule has 0 bridgehead atoms. The van der Waals surface area contributed by atoms with Gasteiger partial charge in [0.15, 0.2) is 0 Å². The van der Waals surface area contributed by atoms with Gasteiger partial charge in [-0.2, -0.15) is 0 Å². The van der Waals surface area contributed by atoms with Gasteiger partial charge in [0.2, 0.25) is 5.91 Å². The van der Waals surface area contributed by atoms with Gasteiger partial charge in [-0.3, -0.25) is 4.79 Å². The number of hydrogen-bond acceptors (Lipinski definition) is 2. The SMILES string of the molecule is CC(C)(CN)C(=O)N1CC1. The number of rotatable bonds is 2. The summed E-state index contributed by atoms with van der Waals surface area (Å²) in [6.07, 6.45) is 0. The summed E-state index contributed by atoms with van der Waals surface area (Å²) in [5.41, 5.74) is 5.07. The summed E-state index contributed by atoms with van der Waals surface area (Å²) in [6.45, 7) is 6.04. The molecule has 0 aromatic carbocycles. The molecule has 0 unspecified atom stereocenters. The van der Waals surface area contributed by atoms with Crippen LogP contribution in [0.5, 0.6) is 0 Å². The zero-order chi connectivity index (χ0) is 7.78. The third kappa shape index (κ3) is 1.29. The Hall–Kier alpha value is -0.570. The van der Waals surface area contributed by atoms with Crippen LogP contribution >= 0.6 is 0 Å². The first-order chi connectivity index (χ1) is 4.58. The molecule has 1 rings (SSSR count). The van der Waals surface area contributed by atoms with Gasteiger partial charge in [0, 0.05) is 19.6 Å². The maximum Gasteiger partial charge on any atom is 0.229 e. The summed E-state index contributed by atoms with van der Waals surface area (Å²) in [6, 6.07) is 0. The Morgan fingerprint density at radius 2 is 2.10 bits per heavy atom. The highest BCUT2D eigenvalue weighted by Crippen LogP contribution is 2.20. The predicted molar refractivity (Wildman–Crippen MR) is 39.4 cm³/mol. The van der Waals surface area contributed by atoms with Crippen LogP contribution in [0.2, 0.25) is 0 Å². The van der Waals surface area contributed by atoms with E-state index >= 15 is 0 Å². The Labute approximate surface area is 61.2 Å². The van der Waals surface area contributed by atoms with Gasteiger partial charge in [0.1, 0.15) is 0 Å². The van der Waals surface area contributed by atoms with Crippen LogP contribution in [0.15, 0.2) is 0 Å². The molecule has 0 atom stereocenters. The molecule has 2 N–H and O–H groups in total. The van der Waals surface area contributed by atoms with Gasteiger partial charge >= 0.3 is 0 Å². The summed E-state index contributed by atoms with van der Waals surface area (Å²) in [7, 11) is 0. The van der Waals surface area contributed by atoms with Crippen molar-refractivity contribution >= 4 is 5.91 Å². The molecule has 0 aromatic heterocycles. The summed E-state index contributed by atoms with van der Waals surface area (Å²) in [5, 5.41) is 0. The van der Waals surface area contributed by atoms with Crippen molar-refractivity contribution < 1.29 is 4.79 Å². The Bertz CT molecular complexity index is 150. The van der Waals surface area contributed by atoms with Crippen LogP contribution in [0.1, 0.15) is 13.8 Å². The molecule has 1 saturated heterocycles. The molecule has 1 fully saturated rings. The second-order valence-corrected chi connectivity index (χ2v) is 3.38. The summed E-state index contributed by atoms with van der Waals surface area (Å²) in [4.78, 5) is 13.1. The number of amides is 1. The molecule has 0 radical (unpaired) electrons. The van der Waals surface area contributed by atoms with Crippen molar-refractivity contribution in [3.63, 3.8) is 0 Å². The lowest BCUT2D eigenvalue weighted by Crippen LogP contribution is -2.36. The summed E-state index contributed by atoms with van der Waals surface area (Å²) >= 11 is 0. The third-order valence-electron chi connectivity index (χ3n) is 1.82. The molecule has 0 aliphatic carbocycles. The van der Waals surface area contributed by atoms with E-state index in [0.29, 0.717) is 6.54 Å². The van der Waals surface area contributed by atoms with Gasteiger partial charge in [0.25, 0.3) is 0 Å². The second-order valence-electron chi connectivity index (χ2n) is 3.38. The van der Waals surface area contributed by atoms with E-state index in [0.717, 1.165) is 13.1 Å². The van der Waals surface area contributed by atoms with E-state index in [1.54, 1.807) is 0 Å². The molecular formula is C7H14N2O. The fourth-order valence-electron chi connectivity index (χ4n) is 0.768. The minimum atomic E-state index is -0.351. The zero-order valence-electron chi connectivity index (χ0n) is 6.55. The van der Waals surface area contributed by atoms with Crippen LogP contribution in [-0.4, -0.2) is 30.4 Å². The molecule has 1 aliphatic heterocycles. The Morgan fingerprint density at radius 1 is 1.60 bits per heavy atom. The fourth-order valence-corrected chi connectivity index (χ4v) is 0.768. The summed E-state index contributed by atoms with van der Waals surface area (Å²) in [5.74, 6) is 0.190. The standard InChI is InChI=1S/C7H14N2O/c1-7(2,5-8)6(10)9-3-4-9/h3-5,8H2,1-2H3. The topological polar surface area (TPSA) is 46.1 Å². The van der Waals surface area contributed by atoms with Crippen LogP contribution in [0.25, 0.3) is 0 Å². The number of carbonyl (C=O) groups excluding carboxylic acids is 1. The van der Waals surface area contributed by atoms with Gasteiger partial charge in [-0.05, 0) is 13.8 Å². The van der Waals surface area contributed by atoms with E-state index in [1.165, 1.54) is 0 Å². The third-order valence-corrected chi connectivity index (χ3v) is 1.82. The van der Waals surface area contributed by atoms with Crippen LogP contribution < -0.4 is 5.73 Å². The van der Waals surface area contributed by atoms with E-state index in [4.69, 9.17) is 5.73 Å². The Kier molecular flexibility index (Phi) is 1.68. The molecule has 1 aliphatic rings. The van der Waals surface area contributed by atoms with Gasteiger partial charge in [-0.15, -0.1) is 0 Å². The summed E-state index contributed by atoms with van der Waals surface area (Å²) < 4.78 is 0. The highest BCUT2D eigenvalue weighted by molar-refractivity contribution is 5.83. The van der Waals surface area contributed by atoms with E-state index in [2.05, 4.69) is 0 Å². The quantitative estimate of drug-likeness (QED) is 0.543. The molecule has 0 aromatic rings. The zero-order valence-corrected chi connectivity index (χ0v) is 6.55. The predicted octanol–water partition coefficient (Wildman–Crippen LogP) is -0.187. The first-order valence-corrected chi connectivity index (χ1v) is 3.57. The normalized spacial score (nSPS) is 17.3. The average Bonchev–Trinajstić information content (AvgIpc) is 2.68. The van der Waals surface area contributed by atoms with Crippen molar-refractivity contribution in [3.05, 3.63) is 0 Å². The molecular weight excluding hydrogens is 128 g/mol. The second kappa shape index (κ2) is 2.23. The number of hydrogen-bond donors (Lipinski definition) is 1. The van der Waals surface area contributed by atoms with Crippen LogP contribution in [-0.2, 0) is 4.79 Å². The van der Waals surface area contributed by atoms with Gasteiger partial charge in [-0.25, -0.2) is 0 Å². The first-order valence-electron chi connectivity index (χ1n) is 3.57. The van der Waals surface area contributed by atoms with E-state index in [1.807, 2.05) is 18.7 Å². The average molecular weight is 142 g/mol. The van der Waals surface area contributed by atoms with E-state index < -0.39 is 0 Å². The smallest absolute Gasteiger partial charge is 0.229 e. The van der Waals surface area contributed by atoms with E-state index in [-0.39, 0.29) is 11.3 Å². The maximum atomic E-state index is 11.3. The number of carbonyl (C=O) groups is 1. The lowest BCUT2D eigenvalue weighted by atomic mass is 9.93. The molecule has 10 heavy (non-hydrogen) atoms. The molecule has 1 heterocycles. The Balaban J connectivity index is 2.52.